The predicted octanol–water partition coefficient (Wildman–Crippen LogP) is 0.822. The smallest absolute Gasteiger partial charge is 0.270 e. The van der Waals surface area contributed by atoms with Crippen LogP contribution in [0.5, 0.6) is 0 Å². The van der Waals surface area contributed by atoms with Crippen molar-refractivity contribution in [1.82, 2.24) is 20.6 Å². The molecule has 0 bridgehead atoms. The Hall–Kier alpha value is -3.53. The summed E-state index contributed by atoms with van der Waals surface area (Å²) in [5.74, 6) is 0.00505. The van der Waals surface area contributed by atoms with Crippen molar-refractivity contribution in [2.24, 2.45) is 0 Å². The summed E-state index contributed by atoms with van der Waals surface area (Å²) in [4.78, 5) is 46.3. The molecule has 10 heteroatoms. The molecule has 1 aromatic heterocycles. The highest BCUT2D eigenvalue weighted by Crippen LogP contribution is 2.13. The van der Waals surface area contributed by atoms with Gasteiger partial charge in [-0.3, -0.25) is 14.4 Å². The molecule has 164 valence electrons. The Labute approximate surface area is 180 Å². The highest BCUT2D eigenvalue weighted by molar-refractivity contribution is 5.96. The number of nitrogens with zero attached hydrogens (tertiary/aromatic N) is 3. The molecule has 1 aliphatic rings. The lowest BCUT2D eigenvalue weighted by molar-refractivity contribution is -0.115. The molecule has 1 fully saturated rings. The number of amides is 3. The van der Waals surface area contributed by atoms with Crippen LogP contribution in [0.3, 0.4) is 0 Å². The van der Waals surface area contributed by atoms with Crippen molar-refractivity contribution in [3.63, 3.8) is 0 Å². The second kappa shape index (κ2) is 11.0. The molecule has 2 aromatic rings. The van der Waals surface area contributed by atoms with E-state index in [9.17, 15) is 14.4 Å². The van der Waals surface area contributed by atoms with Crippen molar-refractivity contribution in [1.29, 1.82) is 0 Å². The number of carbonyl (C=O) groups excluding carboxylic acids is 3. The summed E-state index contributed by atoms with van der Waals surface area (Å²) in [5, 5.41) is 8.21. The normalized spacial score (nSPS) is 13.4. The molecule has 31 heavy (non-hydrogen) atoms. The van der Waals surface area contributed by atoms with Crippen molar-refractivity contribution in [2.75, 3.05) is 49.6 Å². The maximum atomic E-state index is 12.4. The van der Waals surface area contributed by atoms with Crippen LogP contribution in [0.1, 0.15) is 34.2 Å². The molecule has 1 saturated heterocycles. The minimum absolute atomic E-state index is 0.0892. The van der Waals surface area contributed by atoms with Crippen LogP contribution in [0.25, 0.3) is 0 Å². The summed E-state index contributed by atoms with van der Waals surface area (Å²) in [6.45, 7) is 4.98. The average molecular weight is 426 g/mol. The third-order valence-corrected chi connectivity index (χ3v) is 4.67. The molecule has 0 saturated carbocycles. The third kappa shape index (κ3) is 6.48. The lowest BCUT2D eigenvalue weighted by Crippen LogP contribution is -2.37. The minimum atomic E-state index is -0.331. The number of ether oxygens (including phenoxy) is 1. The van der Waals surface area contributed by atoms with E-state index in [1.807, 2.05) is 4.90 Å². The molecule has 10 nitrogen and oxygen atoms in total. The van der Waals surface area contributed by atoms with E-state index in [1.54, 1.807) is 37.3 Å². The molecule has 0 unspecified atom stereocenters. The number of anilines is 2. The van der Waals surface area contributed by atoms with Gasteiger partial charge < -0.3 is 25.6 Å². The highest BCUT2D eigenvalue weighted by Gasteiger charge is 2.15. The van der Waals surface area contributed by atoms with Crippen LogP contribution in [-0.4, -0.2) is 67.1 Å². The Morgan fingerprint density at radius 2 is 1.68 bits per heavy atom. The van der Waals surface area contributed by atoms with E-state index in [0.717, 1.165) is 13.1 Å². The zero-order valence-corrected chi connectivity index (χ0v) is 17.4. The number of hydrogen-bond acceptors (Lipinski definition) is 7. The summed E-state index contributed by atoms with van der Waals surface area (Å²) in [6, 6.07) is 8.26. The van der Waals surface area contributed by atoms with Crippen molar-refractivity contribution in [2.45, 2.75) is 13.3 Å². The molecule has 0 atom stereocenters. The Morgan fingerprint density at radius 3 is 2.35 bits per heavy atom. The van der Waals surface area contributed by atoms with Gasteiger partial charge in [-0.15, -0.1) is 0 Å². The van der Waals surface area contributed by atoms with Gasteiger partial charge in [0.1, 0.15) is 17.8 Å². The molecule has 0 aliphatic carbocycles. The first kappa shape index (κ1) is 22.2. The Balaban J connectivity index is 1.43. The largest absolute Gasteiger partial charge is 0.378 e. The van der Waals surface area contributed by atoms with Crippen molar-refractivity contribution >= 4 is 29.2 Å². The average Bonchev–Trinajstić information content (AvgIpc) is 2.82. The minimum Gasteiger partial charge on any atom is -0.378 e. The quantitative estimate of drug-likeness (QED) is 0.534. The van der Waals surface area contributed by atoms with E-state index in [0.29, 0.717) is 36.7 Å². The fourth-order valence-electron chi connectivity index (χ4n) is 2.94. The van der Waals surface area contributed by atoms with Crippen molar-refractivity contribution < 1.29 is 19.1 Å². The Kier molecular flexibility index (Phi) is 7.88. The van der Waals surface area contributed by atoms with Crippen molar-refractivity contribution in [3.8, 4) is 0 Å². The van der Waals surface area contributed by atoms with Gasteiger partial charge in [0.2, 0.25) is 5.91 Å². The van der Waals surface area contributed by atoms with Gasteiger partial charge in [0, 0.05) is 49.9 Å². The van der Waals surface area contributed by atoms with Gasteiger partial charge in [0.25, 0.3) is 11.8 Å². The SMILES string of the molecule is CCC(=O)Nc1ccc(C(=O)NCCNC(=O)c2cc(N3CCOCC3)ncn2)cc1. The number of carbonyl (C=O) groups is 3. The third-order valence-electron chi connectivity index (χ3n) is 4.67. The van der Waals surface area contributed by atoms with Gasteiger partial charge in [0.15, 0.2) is 0 Å². The maximum absolute atomic E-state index is 12.4. The van der Waals surface area contributed by atoms with Crippen LogP contribution in [0.2, 0.25) is 0 Å². The Bertz CT molecular complexity index is 912. The summed E-state index contributed by atoms with van der Waals surface area (Å²) in [7, 11) is 0. The van der Waals surface area contributed by atoms with Crippen LogP contribution in [-0.2, 0) is 9.53 Å². The van der Waals surface area contributed by atoms with E-state index in [4.69, 9.17) is 4.74 Å². The van der Waals surface area contributed by atoms with Crippen LogP contribution < -0.4 is 20.9 Å². The van der Waals surface area contributed by atoms with Gasteiger partial charge >= 0.3 is 0 Å². The van der Waals surface area contributed by atoms with Crippen LogP contribution in [0, 0.1) is 0 Å². The maximum Gasteiger partial charge on any atom is 0.270 e. The molecule has 3 rings (SSSR count). The zero-order valence-electron chi connectivity index (χ0n) is 17.4. The number of rotatable bonds is 8. The fraction of sp³-hybridized carbons (Fsp3) is 0.381. The zero-order chi connectivity index (χ0) is 22.1. The standard InChI is InChI=1S/C21H26N6O4/c1-2-19(28)26-16-5-3-15(4-6-16)20(29)22-7-8-23-21(30)17-13-18(25-14-24-17)27-9-11-31-12-10-27/h3-6,13-14H,2,7-12H2,1H3,(H,22,29)(H,23,30)(H,26,28). The van der Waals surface area contributed by atoms with Crippen LogP contribution in [0.15, 0.2) is 36.7 Å². The molecule has 0 spiro atoms. The summed E-state index contributed by atoms with van der Waals surface area (Å²) in [5.41, 5.74) is 1.37. The number of aromatic nitrogens is 2. The molecular formula is C21H26N6O4. The molecule has 1 aliphatic heterocycles. The predicted molar refractivity (Wildman–Crippen MR) is 115 cm³/mol. The number of morpholine rings is 1. The highest BCUT2D eigenvalue weighted by atomic mass is 16.5. The molecule has 3 amide bonds. The molecule has 2 heterocycles. The van der Waals surface area contributed by atoms with Gasteiger partial charge in [-0.05, 0) is 24.3 Å². The van der Waals surface area contributed by atoms with E-state index in [-0.39, 0.29) is 36.5 Å². The monoisotopic (exact) mass is 426 g/mol. The van der Waals surface area contributed by atoms with Gasteiger partial charge in [0.05, 0.1) is 13.2 Å². The summed E-state index contributed by atoms with van der Waals surface area (Å²) < 4.78 is 5.33. The van der Waals surface area contributed by atoms with E-state index in [2.05, 4.69) is 25.9 Å². The Morgan fingerprint density at radius 1 is 1.00 bits per heavy atom. The number of benzene rings is 1. The van der Waals surface area contributed by atoms with E-state index < -0.39 is 0 Å². The summed E-state index contributed by atoms with van der Waals surface area (Å²) in [6.07, 6.45) is 1.76. The molecular weight excluding hydrogens is 400 g/mol. The molecule has 1 aromatic carbocycles. The van der Waals surface area contributed by atoms with Crippen molar-refractivity contribution in [3.05, 3.63) is 47.9 Å². The molecule has 0 radical (unpaired) electrons. The summed E-state index contributed by atoms with van der Waals surface area (Å²) >= 11 is 0. The fourth-order valence-corrected chi connectivity index (χ4v) is 2.94. The topological polar surface area (TPSA) is 126 Å². The lowest BCUT2D eigenvalue weighted by Gasteiger charge is -2.27. The molecule has 3 N–H and O–H groups in total. The van der Waals surface area contributed by atoms with E-state index in [1.165, 1.54) is 6.33 Å². The van der Waals surface area contributed by atoms with Crippen LogP contribution in [0.4, 0.5) is 11.5 Å². The van der Waals surface area contributed by atoms with Crippen LogP contribution >= 0.6 is 0 Å². The van der Waals surface area contributed by atoms with E-state index >= 15 is 0 Å². The van der Waals surface area contributed by atoms with Gasteiger partial charge in [-0.25, -0.2) is 9.97 Å². The first-order valence-electron chi connectivity index (χ1n) is 10.2. The van der Waals surface area contributed by atoms with Gasteiger partial charge in [-0.1, -0.05) is 6.92 Å². The second-order valence-electron chi connectivity index (χ2n) is 6.85. The first-order valence-corrected chi connectivity index (χ1v) is 10.2. The van der Waals surface area contributed by atoms with Gasteiger partial charge in [-0.2, -0.15) is 0 Å². The first-order chi connectivity index (χ1) is 15.1. The lowest BCUT2D eigenvalue weighted by atomic mass is 10.2. The number of nitrogens with one attached hydrogen (secondary N) is 3. The second-order valence-corrected chi connectivity index (χ2v) is 6.85. The number of hydrogen-bond donors (Lipinski definition) is 3.